The number of esters is 1. The van der Waals surface area contributed by atoms with Crippen LogP contribution in [0.15, 0.2) is 48.5 Å². The van der Waals surface area contributed by atoms with Crippen molar-refractivity contribution in [1.82, 2.24) is 9.97 Å². The third-order valence-corrected chi connectivity index (χ3v) is 7.92. The highest BCUT2D eigenvalue weighted by Crippen LogP contribution is 2.35. The summed E-state index contributed by atoms with van der Waals surface area (Å²) in [6, 6.07) is 16.2. The maximum Gasteiger partial charge on any atom is 0.414 e. The molecule has 2 aliphatic heterocycles. The van der Waals surface area contributed by atoms with Crippen LogP contribution in [0.25, 0.3) is 0 Å². The molecular formula is C36H46N4O5. The number of hydrogen-bond acceptors (Lipinski definition) is 8. The third-order valence-electron chi connectivity index (χ3n) is 7.92. The van der Waals surface area contributed by atoms with Crippen molar-refractivity contribution in [3.63, 3.8) is 0 Å². The van der Waals surface area contributed by atoms with Crippen LogP contribution >= 0.6 is 0 Å². The number of piperidine rings is 1. The van der Waals surface area contributed by atoms with Crippen molar-refractivity contribution in [2.45, 2.75) is 92.0 Å². The Morgan fingerprint density at radius 1 is 0.889 bits per heavy atom. The van der Waals surface area contributed by atoms with Crippen LogP contribution in [-0.2, 0) is 28.9 Å². The van der Waals surface area contributed by atoms with Gasteiger partial charge in [-0.2, -0.15) is 0 Å². The van der Waals surface area contributed by atoms with E-state index in [1.54, 1.807) is 4.90 Å². The van der Waals surface area contributed by atoms with Gasteiger partial charge in [-0.05, 0) is 103 Å². The van der Waals surface area contributed by atoms with E-state index in [1.165, 1.54) is 11.3 Å². The molecule has 0 aliphatic carbocycles. The van der Waals surface area contributed by atoms with Crippen LogP contribution in [-0.4, -0.2) is 52.9 Å². The Morgan fingerprint density at radius 2 is 1.58 bits per heavy atom. The van der Waals surface area contributed by atoms with E-state index in [0.717, 1.165) is 43.6 Å². The van der Waals surface area contributed by atoms with Crippen molar-refractivity contribution in [3.8, 4) is 5.75 Å². The summed E-state index contributed by atoms with van der Waals surface area (Å²) >= 11 is 0. The number of hydrogen-bond donors (Lipinski definition) is 0. The Balaban J connectivity index is 1.24. The molecule has 0 spiro atoms. The molecule has 0 N–H and O–H groups in total. The molecule has 9 heteroatoms. The minimum atomic E-state index is -0.662. The molecule has 240 valence electrons. The fourth-order valence-electron chi connectivity index (χ4n) is 5.82. The molecule has 0 radical (unpaired) electrons. The van der Waals surface area contributed by atoms with Gasteiger partial charge in [0.25, 0.3) is 0 Å². The largest absolute Gasteiger partial charge is 0.484 e. The highest BCUT2D eigenvalue weighted by Gasteiger charge is 2.31. The molecule has 9 nitrogen and oxygen atoms in total. The number of anilines is 2. The predicted molar refractivity (Wildman–Crippen MR) is 175 cm³/mol. The van der Waals surface area contributed by atoms with E-state index in [-0.39, 0.29) is 11.8 Å². The Kier molecular flexibility index (Phi) is 9.37. The second-order valence-corrected chi connectivity index (χ2v) is 14.0. The summed E-state index contributed by atoms with van der Waals surface area (Å²) in [5.41, 5.74) is 3.91. The number of amides is 1. The molecule has 1 amide bonds. The zero-order valence-electron chi connectivity index (χ0n) is 27.7. The van der Waals surface area contributed by atoms with Gasteiger partial charge in [0, 0.05) is 31.7 Å². The molecule has 3 aromatic rings. The topological polar surface area (TPSA) is 94.1 Å². The van der Waals surface area contributed by atoms with Gasteiger partial charge in [0.1, 0.15) is 23.6 Å². The van der Waals surface area contributed by atoms with E-state index in [2.05, 4.69) is 17.0 Å². The summed E-state index contributed by atoms with van der Waals surface area (Å²) in [6.07, 6.45) is 3.17. The molecule has 3 heterocycles. The first-order valence-electron chi connectivity index (χ1n) is 15.9. The average molecular weight is 615 g/mol. The van der Waals surface area contributed by atoms with Gasteiger partial charge >= 0.3 is 12.1 Å². The first kappa shape index (κ1) is 32.3. The van der Waals surface area contributed by atoms with E-state index in [4.69, 9.17) is 24.2 Å². The zero-order valence-corrected chi connectivity index (χ0v) is 27.7. The molecule has 1 aromatic heterocycles. The van der Waals surface area contributed by atoms with Crippen LogP contribution in [0.2, 0.25) is 0 Å². The number of carbonyl (C=O) groups is 2. The van der Waals surface area contributed by atoms with Gasteiger partial charge in [0.2, 0.25) is 0 Å². The Labute approximate surface area is 266 Å². The molecule has 1 saturated heterocycles. The molecule has 0 bridgehead atoms. The van der Waals surface area contributed by atoms with E-state index >= 15 is 0 Å². The first-order chi connectivity index (χ1) is 21.3. The van der Waals surface area contributed by atoms with Gasteiger partial charge in [0.15, 0.2) is 11.4 Å². The Bertz CT molecular complexity index is 1520. The number of ether oxygens (including phenoxy) is 3. The molecule has 1 fully saturated rings. The van der Waals surface area contributed by atoms with Crippen LogP contribution in [0.3, 0.4) is 0 Å². The quantitative estimate of drug-likeness (QED) is 0.261. The normalized spacial score (nSPS) is 15.5. The highest BCUT2D eigenvalue weighted by atomic mass is 16.6. The third kappa shape index (κ3) is 8.32. The summed E-state index contributed by atoms with van der Waals surface area (Å²) in [5.74, 6) is 0.890. The second-order valence-electron chi connectivity index (χ2n) is 14.0. The van der Waals surface area contributed by atoms with Crippen LogP contribution in [0.1, 0.15) is 87.5 Å². The molecule has 2 aromatic carbocycles. The lowest BCUT2D eigenvalue weighted by Gasteiger charge is -2.34. The van der Waals surface area contributed by atoms with E-state index < -0.39 is 17.2 Å². The highest BCUT2D eigenvalue weighted by molar-refractivity contribution is 5.91. The van der Waals surface area contributed by atoms with E-state index in [0.29, 0.717) is 42.8 Å². The molecule has 0 saturated carbocycles. The number of aryl methyl sites for hydroxylation is 1. The summed E-state index contributed by atoms with van der Waals surface area (Å²) in [6.45, 7) is 15.8. The first-order valence-corrected chi connectivity index (χ1v) is 15.9. The zero-order chi connectivity index (χ0) is 32.4. The average Bonchev–Trinajstić information content (AvgIpc) is 3.39. The number of fused-ring (bicyclic) bond motifs is 1. The van der Waals surface area contributed by atoms with Crippen molar-refractivity contribution in [2.24, 2.45) is 5.92 Å². The molecule has 0 unspecified atom stereocenters. The SMILES string of the molecule is Cc1nc(CC2CCN(c3ccc4c(c3)CCN4C(=O)OC(C)(C)C)CC2)nc(C(=O)OC(C)(C)C)c1OCc1ccccc1. The van der Waals surface area contributed by atoms with Gasteiger partial charge in [-0.25, -0.2) is 19.6 Å². The summed E-state index contributed by atoms with van der Waals surface area (Å²) in [4.78, 5) is 39.6. The molecular weight excluding hydrogens is 568 g/mol. The number of rotatable bonds is 7. The van der Waals surface area contributed by atoms with Crippen LogP contribution in [0.4, 0.5) is 16.2 Å². The summed E-state index contributed by atoms with van der Waals surface area (Å²) in [5, 5.41) is 0. The number of carbonyl (C=O) groups excluding carboxylic acids is 2. The minimum absolute atomic E-state index is 0.180. The van der Waals surface area contributed by atoms with Gasteiger partial charge in [0.05, 0.1) is 11.4 Å². The maximum absolute atomic E-state index is 13.3. The monoisotopic (exact) mass is 614 g/mol. The van der Waals surface area contributed by atoms with Crippen molar-refractivity contribution >= 4 is 23.4 Å². The summed E-state index contributed by atoms with van der Waals surface area (Å²) in [7, 11) is 0. The Hall–Kier alpha value is -4.14. The van der Waals surface area contributed by atoms with Crippen molar-refractivity contribution in [1.29, 1.82) is 0 Å². The maximum atomic E-state index is 13.3. The molecule has 2 aliphatic rings. The standard InChI is InChI=1S/C36H46N4O5/c1-24-32(43-23-26-11-9-8-10-12-26)31(33(41)44-35(2,3)4)38-30(37-24)21-25-15-18-39(19-16-25)28-13-14-29-27(22-28)17-20-40(29)34(42)45-36(5,6)7/h8-14,22,25H,15-21,23H2,1-7H3. The number of aromatic nitrogens is 2. The van der Waals surface area contributed by atoms with Crippen molar-refractivity contribution < 1.29 is 23.8 Å². The van der Waals surface area contributed by atoms with Crippen LogP contribution < -0.4 is 14.5 Å². The van der Waals surface area contributed by atoms with Crippen LogP contribution in [0, 0.1) is 12.8 Å². The van der Waals surface area contributed by atoms with E-state index in [1.807, 2.05) is 84.9 Å². The Morgan fingerprint density at radius 3 is 2.24 bits per heavy atom. The lowest BCUT2D eigenvalue weighted by molar-refractivity contribution is 0.00569. The predicted octanol–water partition coefficient (Wildman–Crippen LogP) is 7.08. The van der Waals surface area contributed by atoms with Crippen LogP contribution in [0.5, 0.6) is 5.75 Å². The second kappa shape index (κ2) is 13.1. The van der Waals surface area contributed by atoms with Gasteiger partial charge in [-0.1, -0.05) is 30.3 Å². The molecule has 5 rings (SSSR count). The van der Waals surface area contributed by atoms with Gasteiger partial charge in [-0.3, -0.25) is 4.90 Å². The van der Waals surface area contributed by atoms with Gasteiger partial charge < -0.3 is 19.1 Å². The lowest BCUT2D eigenvalue weighted by atomic mass is 9.92. The van der Waals surface area contributed by atoms with Crippen molar-refractivity contribution in [3.05, 3.63) is 76.9 Å². The smallest absolute Gasteiger partial charge is 0.414 e. The minimum Gasteiger partial charge on any atom is -0.484 e. The molecule has 0 atom stereocenters. The fourth-order valence-corrected chi connectivity index (χ4v) is 5.82. The fraction of sp³-hybridized carbons (Fsp3) is 0.500. The number of benzene rings is 2. The van der Waals surface area contributed by atoms with Crippen molar-refractivity contribution in [2.75, 3.05) is 29.4 Å². The lowest BCUT2D eigenvalue weighted by Crippen LogP contribution is -2.36. The van der Waals surface area contributed by atoms with Gasteiger partial charge in [-0.15, -0.1) is 0 Å². The van der Waals surface area contributed by atoms with E-state index in [9.17, 15) is 9.59 Å². The molecule has 45 heavy (non-hydrogen) atoms. The summed E-state index contributed by atoms with van der Waals surface area (Å²) < 4.78 is 17.4. The number of nitrogens with zero attached hydrogens (tertiary/aromatic N) is 4.